The van der Waals surface area contributed by atoms with E-state index < -0.39 is 12.1 Å². The van der Waals surface area contributed by atoms with Crippen molar-refractivity contribution in [1.29, 1.82) is 0 Å². The van der Waals surface area contributed by atoms with Gasteiger partial charge in [0, 0.05) is 5.56 Å². The van der Waals surface area contributed by atoms with Crippen LogP contribution in [0.25, 0.3) is 0 Å². The van der Waals surface area contributed by atoms with Crippen LogP contribution in [0.5, 0.6) is 11.5 Å². The molecule has 0 radical (unpaired) electrons. The third-order valence-corrected chi connectivity index (χ3v) is 3.18. The molecule has 6 heteroatoms. The number of rotatable bonds is 4. The van der Waals surface area contributed by atoms with Gasteiger partial charge in [-0.15, -0.1) is 0 Å². The Labute approximate surface area is 126 Å². The Hall–Kier alpha value is -3.02. The highest BCUT2D eigenvalue weighted by molar-refractivity contribution is 5.98. The summed E-state index contributed by atoms with van der Waals surface area (Å²) in [4.78, 5) is 22.8. The lowest BCUT2D eigenvalue weighted by Gasteiger charge is -2.27. The molecule has 2 aromatic carbocycles. The number of para-hydroxylation sites is 1. The average Bonchev–Trinajstić information content (AvgIpc) is 2.53. The predicted molar refractivity (Wildman–Crippen MR) is 78.4 cm³/mol. The normalized spacial score (nSPS) is 16.2. The quantitative estimate of drug-likeness (QED) is 0.892. The second-order valence-corrected chi connectivity index (χ2v) is 4.79. The van der Waals surface area contributed by atoms with E-state index in [4.69, 9.17) is 15.2 Å². The number of carbonyl (C=O) groups excluding carboxylic acids is 2. The Balaban J connectivity index is 1.82. The third-order valence-electron chi connectivity index (χ3n) is 3.18. The Morgan fingerprint density at radius 2 is 2.05 bits per heavy atom. The molecule has 0 bridgehead atoms. The van der Waals surface area contributed by atoms with Gasteiger partial charge in [-0.1, -0.05) is 24.3 Å². The SMILES string of the molecule is NC(=O)COc1cccc(C2NC(=O)c3ccccc3O2)c1. The van der Waals surface area contributed by atoms with E-state index in [0.29, 0.717) is 22.6 Å². The van der Waals surface area contributed by atoms with Gasteiger partial charge in [0.15, 0.2) is 12.8 Å². The molecule has 0 fully saturated rings. The van der Waals surface area contributed by atoms with Crippen LogP contribution in [-0.2, 0) is 4.79 Å². The minimum absolute atomic E-state index is 0.199. The summed E-state index contributed by atoms with van der Waals surface area (Å²) in [5.41, 5.74) is 6.26. The highest BCUT2D eigenvalue weighted by Crippen LogP contribution is 2.29. The fourth-order valence-corrected chi connectivity index (χ4v) is 2.18. The zero-order valence-corrected chi connectivity index (χ0v) is 11.6. The minimum Gasteiger partial charge on any atom is -0.484 e. The van der Waals surface area contributed by atoms with Crippen LogP contribution in [-0.4, -0.2) is 18.4 Å². The van der Waals surface area contributed by atoms with Crippen molar-refractivity contribution >= 4 is 11.8 Å². The summed E-state index contributed by atoms with van der Waals surface area (Å²) >= 11 is 0. The molecular weight excluding hydrogens is 284 g/mol. The van der Waals surface area contributed by atoms with Crippen molar-refractivity contribution < 1.29 is 19.1 Å². The number of fused-ring (bicyclic) bond motifs is 1. The Morgan fingerprint density at radius 3 is 2.86 bits per heavy atom. The molecule has 0 aliphatic carbocycles. The molecule has 2 aromatic rings. The minimum atomic E-state index is -0.612. The van der Waals surface area contributed by atoms with E-state index in [1.807, 2.05) is 0 Å². The number of primary amides is 1. The summed E-state index contributed by atoms with van der Waals surface area (Å²) in [5.74, 6) is 0.254. The summed E-state index contributed by atoms with van der Waals surface area (Å²) < 4.78 is 11.0. The van der Waals surface area contributed by atoms with E-state index in [1.165, 1.54) is 0 Å². The van der Waals surface area contributed by atoms with Gasteiger partial charge in [-0.25, -0.2) is 0 Å². The third kappa shape index (κ3) is 2.85. The first-order chi connectivity index (χ1) is 10.6. The summed E-state index contributed by atoms with van der Waals surface area (Å²) in [5, 5.41) is 2.77. The first kappa shape index (κ1) is 13.9. The highest BCUT2D eigenvalue weighted by Gasteiger charge is 2.26. The van der Waals surface area contributed by atoms with Gasteiger partial charge in [0.1, 0.15) is 11.5 Å². The number of amides is 2. The molecule has 0 spiro atoms. The number of nitrogens with one attached hydrogen (secondary N) is 1. The van der Waals surface area contributed by atoms with Gasteiger partial charge < -0.3 is 20.5 Å². The van der Waals surface area contributed by atoms with Crippen molar-refractivity contribution in [2.45, 2.75) is 6.23 Å². The lowest BCUT2D eigenvalue weighted by atomic mass is 10.1. The van der Waals surface area contributed by atoms with Crippen LogP contribution in [0.15, 0.2) is 48.5 Å². The molecule has 0 saturated carbocycles. The van der Waals surface area contributed by atoms with E-state index in [0.717, 1.165) is 0 Å². The highest BCUT2D eigenvalue weighted by atomic mass is 16.5. The molecule has 22 heavy (non-hydrogen) atoms. The van der Waals surface area contributed by atoms with E-state index >= 15 is 0 Å². The molecule has 3 N–H and O–H groups in total. The molecule has 6 nitrogen and oxygen atoms in total. The predicted octanol–water partition coefficient (Wildman–Crippen LogP) is 1.37. The van der Waals surface area contributed by atoms with Crippen molar-refractivity contribution in [2.75, 3.05) is 6.61 Å². The molecule has 1 aliphatic heterocycles. The fraction of sp³-hybridized carbons (Fsp3) is 0.125. The molecule has 1 heterocycles. The van der Waals surface area contributed by atoms with Gasteiger partial charge in [0.05, 0.1) is 5.56 Å². The topological polar surface area (TPSA) is 90.7 Å². The lowest BCUT2D eigenvalue weighted by Crippen LogP contribution is -2.36. The molecule has 1 unspecified atom stereocenters. The number of benzene rings is 2. The standard InChI is InChI=1S/C16H14N2O4/c17-14(19)9-21-11-5-3-4-10(8-11)16-18-15(20)12-6-1-2-7-13(12)22-16/h1-8,16H,9H2,(H2,17,19)(H,18,20). The summed E-state index contributed by atoms with van der Waals surface area (Å²) in [7, 11) is 0. The zero-order valence-electron chi connectivity index (χ0n) is 11.6. The molecule has 2 amide bonds. The maximum atomic E-state index is 12.1. The van der Waals surface area contributed by atoms with Crippen molar-refractivity contribution in [1.82, 2.24) is 5.32 Å². The number of carbonyl (C=O) groups is 2. The average molecular weight is 298 g/mol. The van der Waals surface area contributed by atoms with Crippen LogP contribution in [0, 0.1) is 0 Å². The van der Waals surface area contributed by atoms with Crippen LogP contribution >= 0.6 is 0 Å². The smallest absolute Gasteiger partial charge is 0.258 e. The van der Waals surface area contributed by atoms with E-state index in [9.17, 15) is 9.59 Å². The molecule has 112 valence electrons. The van der Waals surface area contributed by atoms with Crippen molar-refractivity contribution in [3.05, 3.63) is 59.7 Å². The maximum Gasteiger partial charge on any atom is 0.258 e. The van der Waals surface area contributed by atoms with Gasteiger partial charge in [-0.2, -0.15) is 0 Å². The van der Waals surface area contributed by atoms with E-state index in [1.54, 1.807) is 48.5 Å². The van der Waals surface area contributed by atoms with E-state index in [-0.39, 0.29) is 12.5 Å². The van der Waals surface area contributed by atoms with Gasteiger partial charge >= 0.3 is 0 Å². The molecule has 0 aromatic heterocycles. The molecule has 1 aliphatic rings. The number of hydrogen-bond acceptors (Lipinski definition) is 4. The second kappa shape index (κ2) is 5.77. The van der Waals surface area contributed by atoms with Gasteiger partial charge in [0.25, 0.3) is 11.8 Å². The first-order valence-electron chi connectivity index (χ1n) is 6.71. The monoisotopic (exact) mass is 298 g/mol. The van der Waals surface area contributed by atoms with Gasteiger partial charge in [-0.05, 0) is 24.3 Å². The van der Waals surface area contributed by atoms with Crippen LogP contribution < -0.4 is 20.5 Å². The van der Waals surface area contributed by atoms with Crippen LogP contribution in [0.3, 0.4) is 0 Å². The van der Waals surface area contributed by atoms with Crippen LogP contribution in [0.4, 0.5) is 0 Å². The lowest BCUT2D eigenvalue weighted by molar-refractivity contribution is -0.119. The molecular formula is C16H14N2O4. The van der Waals surface area contributed by atoms with Gasteiger partial charge in [0.2, 0.25) is 0 Å². The van der Waals surface area contributed by atoms with Crippen LogP contribution in [0.1, 0.15) is 22.1 Å². The Bertz CT molecular complexity index is 730. The number of hydrogen-bond donors (Lipinski definition) is 2. The summed E-state index contributed by atoms with van der Waals surface area (Å²) in [6.07, 6.45) is -0.612. The first-order valence-corrected chi connectivity index (χ1v) is 6.71. The Morgan fingerprint density at radius 1 is 1.23 bits per heavy atom. The molecule has 3 rings (SSSR count). The number of nitrogens with two attached hydrogens (primary N) is 1. The van der Waals surface area contributed by atoms with Crippen molar-refractivity contribution in [3.63, 3.8) is 0 Å². The zero-order chi connectivity index (χ0) is 15.5. The summed E-state index contributed by atoms with van der Waals surface area (Å²) in [6.45, 7) is -0.204. The maximum absolute atomic E-state index is 12.1. The van der Waals surface area contributed by atoms with Crippen molar-refractivity contribution in [2.24, 2.45) is 5.73 Å². The second-order valence-electron chi connectivity index (χ2n) is 4.79. The fourth-order valence-electron chi connectivity index (χ4n) is 2.18. The largest absolute Gasteiger partial charge is 0.484 e. The van der Waals surface area contributed by atoms with E-state index in [2.05, 4.69) is 5.32 Å². The Kier molecular flexibility index (Phi) is 3.65. The van der Waals surface area contributed by atoms with Crippen molar-refractivity contribution in [3.8, 4) is 11.5 Å². The van der Waals surface area contributed by atoms with Gasteiger partial charge in [-0.3, -0.25) is 9.59 Å². The molecule has 0 saturated heterocycles. The van der Waals surface area contributed by atoms with Crippen LogP contribution in [0.2, 0.25) is 0 Å². The summed E-state index contributed by atoms with van der Waals surface area (Å²) in [6, 6.07) is 14.0. The molecule has 1 atom stereocenters. The number of ether oxygens (including phenoxy) is 2.